The molecule has 0 atom stereocenters. The molecule has 0 aliphatic rings. The van der Waals surface area contributed by atoms with E-state index in [1.165, 1.54) is 42.1 Å². The molecule has 0 saturated heterocycles. The zero-order valence-corrected chi connectivity index (χ0v) is 23.3. The Balaban J connectivity index is 1.35. The van der Waals surface area contributed by atoms with Gasteiger partial charge in [-0.1, -0.05) is 97.1 Å². The van der Waals surface area contributed by atoms with Gasteiger partial charge in [0.1, 0.15) is 0 Å². The summed E-state index contributed by atoms with van der Waals surface area (Å²) in [7, 11) is 0. The molecule has 0 amide bonds. The summed E-state index contributed by atoms with van der Waals surface area (Å²) in [6, 6.07) is 47.0. The zero-order chi connectivity index (χ0) is 27.6. The van der Waals surface area contributed by atoms with E-state index in [9.17, 15) is 0 Å². The minimum absolute atomic E-state index is 0.666. The van der Waals surface area contributed by atoms with Crippen LogP contribution in [0, 0.1) is 0 Å². The normalized spacial score (nSPS) is 11.8. The van der Waals surface area contributed by atoms with E-state index in [4.69, 9.17) is 9.97 Å². The Hall–Kier alpha value is -5.39. The summed E-state index contributed by atoms with van der Waals surface area (Å²) < 4.78 is 6.87. The van der Waals surface area contributed by atoms with Gasteiger partial charge in [-0.3, -0.25) is 0 Å². The van der Waals surface area contributed by atoms with Crippen LogP contribution in [-0.4, -0.2) is 14.5 Å². The molecule has 4 aromatic heterocycles. The predicted octanol–water partition coefficient (Wildman–Crippen LogP) is 9.01. The van der Waals surface area contributed by atoms with Crippen molar-refractivity contribution in [2.24, 2.45) is 0 Å². The van der Waals surface area contributed by atoms with Gasteiger partial charge in [0.25, 0.3) is 11.5 Å². The van der Waals surface area contributed by atoms with Gasteiger partial charge in [-0.15, -0.1) is 11.3 Å². The third-order valence-electron chi connectivity index (χ3n) is 8.12. The van der Waals surface area contributed by atoms with Gasteiger partial charge in [-0.25, -0.2) is 4.57 Å². The third-order valence-corrected chi connectivity index (χ3v) is 9.31. The number of fused-ring (bicyclic) bond motifs is 8. The highest BCUT2D eigenvalue weighted by Gasteiger charge is 2.25. The van der Waals surface area contributed by atoms with Crippen LogP contribution in [0.5, 0.6) is 0 Å². The van der Waals surface area contributed by atoms with E-state index >= 15 is 0 Å². The lowest BCUT2D eigenvalue weighted by atomic mass is 10.0. The van der Waals surface area contributed by atoms with Crippen LogP contribution in [0.15, 0.2) is 140 Å². The number of hydrogen-bond donors (Lipinski definition) is 0. The van der Waals surface area contributed by atoms with Crippen molar-refractivity contribution in [1.29, 1.82) is 0 Å². The maximum absolute atomic E-state index is 5.30. The lowest BCUT2D eigenvalue weighted by molar-refractivity contribution is -0.505. The van der Waals surface area contributed by atoms with Gasteiger partial charge in [0, 0.05) is 32.3 Å². The second-order valence-corrected chi connectivity index (χ2v) is 11.6. The van der Waals surface area contributed by atoms with Gasteiger partial charge < -0.3 is 0 Å². The number of para-hydroxylation sites is 1. The first-order valence-corrected chi connectivity index (χ1v) is 14.8. The second-order valence-electron chi connectivity index (χ2n) is 10.5. The molecular formula is C37H23N4S+. The van der Waals surface area contributed by atoms with Crippen LogP contribution in [-0.2, 0) is 0 Å². The van der Waals surface area contributed by atoms with Crippen molar-refractivity contribution in [3.8, 4) is 28.5 Å². The van der Waals surface area contributed by atoms with Crippen molar-refractivity contribution in [3.05, 3.63) is 140 Å². The van der Waals surface area contributed by atoms with Crippen molar-refractivity contribution >= 4 is 59.0 Å². The number of aromatic nitrogens is 4. The number of hydrogen-bond acceptors (Lipinski definition) is 3. The van der Waals surface area contributed by atoms with Crippen LogP contribution in [0.2, 0.25) is 0 Å². The van der Waals surface area contributed by atoms with Gasteiger partial charge in [-0.2, -0.15) is 4.40 Å². The summed E-state index contributed by atoms with van der Waals surface area (Å²) in [4.78, 5) is 10.4. The Labute approximate surface area is 245 Å². The van der Waals surface area contributed by atoms with Gasteiger partial charge in [-0.05, 0) is 51.4 Å². The number of rotatable bonds is 3. The first kappa shape index (κ1) is 23.3. The average Bonchev–Trinajstić information content (AvgIpc) is 3.61. The van der Waals surface area contributed by atoms with Gasteiger partial charge in [0.2, 0.25) is 0 Å². The zero-order valence-electron chi connectivity index (χ0n) is 22.5. The molecule has 5 heteroatoms. The number of nitrogens with zero attached hydrogens (tertiary/aromatic N) is 4. The summed E-state index contributed by atoms with van der Waals surface area (Å²) in [6.07, 6.45) is 2.04. The van der Waals surface area contributed by atoms with Gasteiger partial charge >= 0.3 is 5.95 Å². The van der Waals surface area contributed by atoms with Crippen molar-refractivity contribution in [3.63, 3.8) is 0 Å². The molecule has 0 unspecified atom stereocenters. The molecule has 4 nitrogen and oxygen atoms in total. The van der Waals surface area contributed by atoms with Crippen LogP contribution in [0.4, 0.5) is 0 Å². The molecule has 4 heterocycles. The van der Waals surface area contributed by atoms with Gasteiger partial charge in [0.15, 0.2) is 0 Å². The van der Waals surface area contributed by atoms with E-state index in [1.54, 1.807) is 0 Å². The number of pyridine rings is 1. The summed E-state index contributed by atoms with van der Waals surface area (Å²) in [5.41, 5.74) is 6.51. The molecule has 0 aliphatic carbocycles. The van der Waals surface area contributed by atoms with Crippen molar-refractivity contribution < 1.29 is 4.40 Å². The molecule has 0 N–H and O–H groups in total. The van der Waals surface area contributed by atoms with Crippen LogP contribution >= 0.6 is 11.3 Å². The first-order valence-electron chi connectivity index (χ1n) is 14.0. The highest BCUT2D eigenvalue weighted by Crippen LogP contribution is 2.42. The van der Waals surface area contributed by atoms with Crippen LogP contribution in [0.25, 0.3) is 76.1 Å². The van der Waals surface area contributed by atoms with E-state index in [0.29, 0.717) is 5.95 Å². The monoisotopic (exact) mass is 555 g/mol. The Kier molecular flexibility index (Phi) is 5.03. The maximum Gasteiger partial charge on any atom is 0.387 e. The fourth-order valence-electron chi connectivity index (χ4n) is 6.16. The summed E-state index contributed by atoms with van der Waals surface area (Å²) in [5.74, 6) is 1.52. The van der Waals surface area contributed by atoms with Crippen molar-refractivity contribution in [2.75, 3.05) is 0 Å². The van der Waals surface area contributed by atoms with E-state index < -0.39 is 0 Å². The molecule has 0 bridgehead atoms. The molecule has 0 aliphatic heterocycles. The van der Waals surface area contributed by atoms with Crippen molar-refractivity contribution in [2.45, 2.75) is 0 Å². The molecule has 196 valence electrons. The molecule has 9 aromatic rings. The molecule has 0 spiro atoms. The minimum atomic E-state index is 0.666. The molecule has 0 fully saturated rings. The number of thiophene rings is 1. The van der Waals surface area contributed by atoms with E-state index in [1.807, 2.05) is 35.7 Å². The molecule has 9 rings (SSSR count). The summed E-state index contributed by atoms with van der Waals surface area (Å²) in [5, 5.41) is 4.96. The van der Waals surface area contributed by atoms with E-state index in [0.717, 1.165) is 28.1 Å². The maximum atomic E-state index is 5.30. The lowest BCUT2D eigenvalue weighted by Gasteiger charge is -2.07. The highest BCUT2D eigenvalue weighted by molar-refractivity contribution is 7.26. The fourth-order valence-corrected chi connectivity index (χ4v) is 7.41. The van der Waals surface area contributed by atoms with E-state index in [-0.39, 0.29) is 0 Å². The quantitative estimate of drug-likeness (QED) is 0.204. The smallest absolute Gasteiger partial charge is 0.248 e. The minimum Gasteiger partial charge on any atom is -0.248 e. The Morgan fingerprint density at radius 1 is 0.524 bits per heavy atom. The van der Waals surface area contributed by atoms with Gasteiger partial charge in [0.05, 0.1) is 27.5 Å². The van der Waals surface area contributed by atoms with Crippen LogP contribution in [0.1, 0.15) is 0 Å². The molecule has 42 heavy (non-hydrogen) atoms. The molecule has 5 aromatic carbocycles. The Morgan fingerprint density at radius 3 is 2.10 bits per heavy atom. The molecule has 0 radical (unpaired) electrons. The average molecular weight is 556 g/mol. The third kappa shape index (κ3) is 3.44. The van der Waals surface area contributed by atoms with Crippen molar-refractivity contribution in [1.82, 2.24) is 14.5 Å². The Morgan fingerprint density at radius 2 is 1.21 bits per heavy atom. The topological polar surface area (TPSA) is 34.8 Å². The van der Waals surface area contributed by atoms with Crippen LogP contribution < -0.4 is 4.40 Å². The summed E-state index contributed by atoms with van der Waals surface area (Å²) in [6.45, 7) is 0. The highest BCUT2D eigenvalue weighted by atomic mass is 32.1. The van der Waals surface area contributed by atoms with E-state index in [2.05, 4.69) is 124 Å². The number of benzene rings is 5. The predicted molar refractivity (Wildman–Crippen MR) is 173 cm³/mol. The SMILES string of the molecule is c1ccc(-c2ccc(-c3nc(-n4c5ccccc5c5ccc6c7ccccc7sc6c54)nc4cccc[n+]34)cc2)cc1. The Bertz CT molecular complexity index is 2460. The standard InChI is InChI=1S/C37H23N4S/c1-2-10-24(11-3-1)25-17-19-26(20-18-25)36-39-37(38-33-16-8-9-23-40(33)36)41-31-14-6-4-12-27(31)29-21-22-30-28-13-5-7-15-32(28)42-35(30)34(29)41/h1-23H/q+1. The van der Waals surface area contributed by atoms with Crippen LogP contribution in [0.3, 0.4) is 0 Å². The fraction of sp³-hybridized carbons (Fsp3) is 0. The molecular weight excluding hydrogens is 533 g/mol. The molecule has 0 saturated carbocycles. The summed E-state index contributed by atoms with van der Waals surface area (Å²) >= 11 is 1.84. The first-order chi connectivity index (χ1) is 20.8. The lowest BCUT2D eigenvalue weighted by Crippen LogP contribution is -2.28. The largest absolute Gasteiger partial charge is 0.387 e. The second kappa shape index (κ2) is 9.06.